The number of ether oxygens (including phenoxy) is 2. The second kappa shape index (κ2) is 7.14. The molecule has 0 saturated carbocycles. The lowest BCUT2D eigenvalue weighted by atomic mass is 10.0. The van der Waals surface area contributed by atoms with Gasteiger partial charge in [-0.05, 0) is 13.0 Å². The highest BCUT2D eigenvalue weighted by atomic mass is 19.3. The van der Waals surface area contributed by atoms with Gasteiger partial charge in [-0.25, -0.2) is 0 Å². The van der Waals surface area contributed by atoms with Gasteiger partial charge in [0.25, 0.3) is 5.69 Å². The van der Waals surface area contributed by atoms with E-state index >= 15 is 0 Å². The molecule has 0 aliphatic heterocycles. The van der Waals surface area contributed by atoms with Crippen molar-refractivity contribution in [1.29, 1.82) is 5.26 Å². The van der Waals surface area contributed by atoms with Crippen LogP contribution >= 0.6 is 0 Å². The van der Waals surface area contributed by atoms with Gasteiger partial charge < -0.3 is 9.47 Å². The molecular formula is C12H10F2N2O5. The summed E-state index contributed by atoms with van der Waals surface area (Å²) < 4.78 is 33.5. The van der Waals surface area contributed by atoms with Crippen molar-refractivity contribution in [3.05, 3.63) is 33.4 Å². The van der Waals surface area contributed by atoms with E-state index in [0.717, 1.165) is 12.1 Å². The average molecular weight is 300 g/mol. The Morgan fingerprint density at radius 3 is 2.67 bits per heavy atom. The first-order valence-electron chi connectivity index (χ1n) is 5.71. The molecule has 0 N–H and O–H groups in total. The molecule has 1 rings (SSSR count). The molecule has 0 aromatic heterocycles. The number of halogens is 2. The minimum Gasteiger partial charge on any atom is -0.466 e. The topological polar surface area (TPSA) is 102 Å². The molecule has 0 atom stereocenters. The third-order valence-corrected chi connectivity index (χ3v) is 2.40. The van der Waals surface area contributed by atoms with Crippen molar-refractivity contribution in [3.63, 3.8) is 0 Å². The number of nitro groups is 1. The van der Waals surface area contributed by atoms with Crippen LogP contribution in [0, 0.1) is 21.4 Å². The first-order chi connectivity index (χ1) is 9.90. The highest BCUT2D eigenvalue weighted by molar-refractivity contribution is 5.76. The largest absolute Gasteiger partial charge is 0.466 e. The zero-order valence-corrected chi connectivity index (χ0v) is 10.8. The van der Waals surface area contributed by atoms with E-state index < -0.39 is 40.9 Å². The minimum absolute atomic E-state index is 0.0423. The van der Waals surface area contributed by atoms with Crippen molar-refractivity contribution < 1.29 is 28.0 Å². The van der Waals surface area contributed by atoms with Crippen molar-refractivity contribution in [1.82, 2.24) is 0 Å². The molecule has 21 heavy (non-hydrogen) atoms. The number of carbonyl (C=O) groups excluding carboxylic acids is 1. The molecule has 0 heterocycles. The Bertz CT molecular complexity index is 598. The van der Waals surface area contributed by atoms with Gasteiger partial charge in [-0.1, -0.05) is 0 Å². The summed E-state index contributed by atoms with van der Waals surface area (Å²) in [5.41, 5.74) is -1.41. The van der Waals surface area contributed by atoms with Crippen molar-refractivity contribution >= 4 is 11.7 Å². The smallest absolute Gasteiger partial charge is 0.387 e. The third kappa shape index (κ3) is 4.10. The molecule has 0 aliphatic rings. The predicted octanol–water partition coefficient (Wildman–Crippen LogP) is 2.17. The fourth-order valence-corrected chi connectivity index (χ4v) is 1.63. The van der Waals surface area contributed by atoms with E-state index in [-0.39, 0.29) is 12.2 Å². The number of nitriles is 1. The summed E-state index contributed by atoms with van der Waals surface area (Å²) in [7, 11) is 0. The fourth-order valence-electron chi connectivity index (χ4n) is 1.63. The number of rotatable bonds is 6. The van der Waals surface area contributed by atoms with E-state index in [1.165, 1.54) is 13.0 Å². The molecule has 9 heteroatoms. The molecule has 112 valence electrons. The maximum Gasteiger partial charge on any atom is 0.387 e. The Morgan fingerprint density at radius 1 is 1.52 bits per heavy atom. The van der Waals surface area contributed by atoms with Crippen molar-refractivity contribution in [2.24, 2.45) is 0 Å². The zero-order valence-electron chi connectivity index (χ0n) is 10.8. The van der Waals surface area contributed by atoms with Gasteiger partial charge in [0.2, 0.25) is 0 Å². The number of nitrogens with zero attached hydrogens (tertiary/aromatic N) is 2. The molecule has 0 saturated heterocycles. The Kier molecular flexibility index (Phi) is 5.54. The molecule has 0 amide bonds. The maximum absolute atomic E-state index is 12.3. The molecule has 0 radical (unpaired) electrons. The summed E-state index contributed by atoms with van der Waals surface area (Å²) in [6, 6.07) is 3.31. The first kappa shape index (κ1) is 16.3. The molecule has 1 aromatic carbocycles. The quantitative estimate of drug-likeness (QED) is 0.453. The summed E-state index contributed by atoms with van der Waals surface area (Å²) in [5.74, 6) is -1.28. The number of benzene rings is 1. The molecular weight excluding hydrogens is 290 g/mol. The van der Waals surface area contributed by atoms with Gasteiger partial charge in [-0.3, -0.25) is 14.9 Å². The lowest BCUT2D eigenvalue weighted by Gasteiger charge is -2.12. The highest BCUT2D eigenvalue weighted by Gasteiger charge is 2.25. The normalized spacial score (nSPS) is 10.0. The van der Waals surface area contributed by atoms with Gasteiger partial charge >= 0.3 is 12.6 Å². The second-order valence-electron chi connectivity index (χ2n) is 3.67. The van der Waals surface area contributed by atoms with Crippen LogP contribution in [0.3, 0.4) is 0 Å². The van der Waals surface area contributed by atoms with Crippen LogP contribution in [0.1, 0.15) is 18.1 Å². The predicted molar refractivity (Wildman–Crippen MR) is 64.8 cm³/mol. The van der Waals surface area contributed by atoms with Crippen LogP contribution in [0.2, 0.25) is 0 Å². The number of hydrogen-bond acceptors (Lipinski definition) is 6. The van der Waals surface area contributed by atoms with Gasteiger partial charge in [-0.15, -0.1) is 0 Å². The van der Waals surface area contributed by atoms with Gasteiger partial charge in [0.05, 0.1) is 18.0 Å². The Labute approximate surface area is 117 Å². The van der Waals surface area contributed by atoms with Crippen LogP contribution in [0.15, 0.2) is 12.1 Å². The zero-order chi connectivity index (χ0) is 16.0. The monoisotopic (exact) mass is 300 g/mol. The van der Waals surface area contributed by atoms with Crippen molar-refractivity contribution in [3.8, 4) is 11.8 Å². The number of alkyl halides is 2. The van der Waals surface area contributed by atoms with Crippen LogP contribution in [0.4, 0.5) is 14.5 Å². The second-order valence-corrected chi connectivity index (χ2v) is 3.67. The van der Waals surface area contributed by atoms with Gasteiger partial charge in [-0.2, -0.15) is 14.0 Å². The number of nitro benzene ring substituents is 1. The molecule has 0 bridgehead atoms. The van der Waals surface area contributed by atoms with Gasteiger partial charge in [0, 0.05) is 11.6 Å². The van der Waals surface area contributed by atoms with E-state index in [1.807, 2.05) is 0 Å². The number of carbonyl (C=O) groups is 1. The lowest BCUT2D eigenvalue weighted by Crippen LogP contribution is -2.13. The minimum atomic E-state index is -3.20. The average Bonchev–Trinajstić information content (AvgIpc) is 2.39. The van der Waals surface area contributed by atoms with Crippen LogP contribution in [0.5, 0.6) is 5.75 Å². The van der Waals surface area contributed by atoms with Crippen molar-refractivity contribution in [2.75, 3.05) is 6.61 Å². The number of esters is 1. The maximum atomic E-state index is 12.3. The van der Waals surface area contributed by atoms with Crippen LogP contribution in [0.25, 0.3) is 0 Å². The van der Waals surface area contributed by atoms with Crippen LogP contribution in [-0.2, 0) is 16.0 Å². The van der Waals surface area contributed by atoms with E-state index in [0.29, 0.717) is 0 Å². The Hall–Kier alpha value is -2.76. The summed E-state index contributed by atoms with van der Waals surface area (Å²) in [6.45, 7) is -1.62. The Morgan fingerprint density at radius 2 is 2.19 bits per heavy atom. The molecule has 0 spiro atoms. The number of hydrogen-bond donors (Lipinski definition) is 0. The standard InChI is InChI=1S/C12H10F2N2O5/c1-2-20-11(17)5-7-8(6-15)9(16(18)19)3-4-10(7)21-12(13)14/h3-4,12H,2,5H2,1H3. The van der Waals surface area contributed by atoms with Gasteiger partial charge in [0.15, 0.2) is 0 Å². The van der Waals surface area contributed by atoms with E-state index in [9.17, 15) is 23.7 Å². The fraction of sp³-hybridized carbons (Fsp3) is 0.333. The summed E-state index contributed by atoms with van der Waals surface area (Å²) in [4.78, 5) is 21.4. The summed E-state index contributed by atoms with van der Waals surface area (Å²) in [5, 5.41) is 19.8. The molecule has 0 unspecified atom stereocenters. The van der Waals surface area contributed by atoms with Crippen molar-refractivity contribution in [2.45, 2.75) is 20.0 Å². The third-order valence-electron chi connectivity index (χ3n) is 2.40. The summed E-state index contributed by atoms with van der Waals surface area (Å²) in [6.07, 6.45) is -0.583. The van der Waals surface area contributed by atoms with Crippen LogP contribution in [-0.4, -0.2) is 24.1 Å². The van der Waals surface area contributed by atoms with E-state index in [1.54, 1.807) is 0 Å². The molecule has 1 aromatic rings. The molecule has 0 fully saturated rings. The van der Waals surface area contributed by atoms with E-state index in [2.05, 4.69) is 9.47 Å². The highest BCUT2D eigenvalue weighted by Crippen LogP contribution is 2.31. The van der Waals surface area contributed by atoms with Crippen LogP contribution < -0.4 is 4.74 Å². The molecule has 7 nitrogen and oxygen atoms in total. The Balaban J connectivity index is 3.36. The summed E-state index contributed by atoms with van der Waals surface area (Å²) >= 11 is 0. The SMILES string of the molecule is CCOC(=O)Cc1c(OC(F)F)ccc([N+](=O)[O-])c1C#N. The first-order valence-corrected chi connectivity index (χ1v) is 5.71. The van der Waals surface area contributed by atoms with Gasteiger partial charge in [0.1, 0.15) is 17.4 Å². The molecule has 0 aliphatic carbocycles. The lowest BCUT2D eigenvalue weighted by molar-refractivity contribution is -0.385. The van der Waals surface area contributed by atoms with E-state index in [4.69, 9.17) is 5.26 Å².